The molecule has 3 N–H and O–H groups in total. The van der Waals surface area contributed by atoms with Gasteiger partial charge in [0, 0.05) is 17.8 Å². The Morgan fingerprint density at radius 2 is 2.12 bits per heavy atom. The number of nitrogens with zero attached hydrogens (tertiary/aromatic N) is 1. The highest BCUT2D eigenvalue weighted by Crippen LogP contribution is 2.17. The number of aromatic amines is 1. The van der Waals surface area contributed by atoms with Crippen molar-refractivity contribution in [1.82, 2.24) is 15.3 Å². The van der Waals surface area contributed by atoms with Gasteiger partial charge in [0.2, 0.25) is 0 Å². The molecule has 0 aliphatic heterocycles. The molecule has 0 aliphatic carbocycles. The molecule has 2 aromatic heterocycles. The Kier molecular flexibility index (Phi) is 4.59. The van der Waals surface area contributed by atoms with E-state index in [4.69, 9.17) is 0 Å². The number of hydrogen-bond acceptors (Lipinski definition) is 3. The number of nitrogens with one attached hydrogen (secondary N) is 2. The van der Waals surface area contributed by atoms with Gasteiger partial charge in [-0.25, -0.2) is 4.98 Å². The van der Waals surface area contributed by atoms with Crippen molar-refractivity contribution in [2.75, 3.05) is 0 Å². The van der Waals surface area contributed by atoms with Gasteiger partial charge in [-0.3, -0.25) is 4.79 Å². The number of pyridine rings is 1. The summed E-state index contributed by atoms with van der Waals surface area (Å²) in [4.78, 5) is 19.9. The van der Waals surface area contributed by atoms with Gasteiger partial charge < -0.3 is 15.4 Å². The average molecular weight is 337 g/mol. The highest BCUT2D eigenvalue weighted by Gasteiger charge is 2.29. The number of carbonyl (C=O) groups excluding carboxylic acids is 1. The summed E-state index contributed by atoms with van der Waals surface area (Å²) in [5.74, 6) is -0.240. The van der Waals surface area contributed by atoms with E-state index in [0.717, 1.165) is 22.2 Å². The molecule has 5 nitrogen and oxygen atoms in total. The van der Waals surface area contributed by atoms with Crippen molar-refractivity contribution in [1.29, 1.82) is 0 Å². The molecule has 1 amide bonds. The Bertz CT molecular complexity index is 893. The summed E-state index contributed by atoms with van der Waals surface area (Å²) in [6, 6.07) is 11.3. The number of fused-ring (bicyclic) bond motifs is 1. The second-order valence-electron chi connectivity index (χ2n) is 7.01. The first-order valence-corrected chi connectivity index (χ1v) is 8.35. The number of carbonyl (C=O) groups is 1. The molecule has 25 heavy (non-hydrogen) atoms. The summed E-state index contributed by atoms with van der Waals surface area (Å²) in [6.07, 6.45) is 3.88. The lowest BCUT2D eigenvalue weighted by molar-refractivity contribution is 0.0350. The maximum atomic E-state index is 12.7. The third-order valence-electron chi connectivity index (χ3n) is 4.34. The van der Waals surface area contributed by atoms with Crippen molar-refractivity contribution in [3.63, 3.8) is 0 Å². The zero-order chi connectivity index (χ0) is 18.0. The SMILES string of the molecule is Cc1cccc(CC(NC(=O)c2cnc3[nH]ccc3c2)C(C)(C)O)c1. The Hall–Kier alpha value is -2.66. The number of aliphatic hydroxyl groups is 1. The van der Waals surface area contributed by atoms with Crippen molar-refractivity contribution in [3.05, 3.63) is 65.5 Å². The lowest BCUT2D eigenvalue weighted by atomic mass is 9.91. The van der Waals surface area contributed by atoms with Crippen LogP contribution >= 0.6 is 0 Å². The zero-order valence-corrected chi connectivity index (χ0v) is 14.7. The molecule has 0 bridgehead atoms. The fourth-order valence-electron chi connectivity index (χ4n) is 2.86. The molecule has 5 heteroatoms. The Morgan fingerprint density at radius 1 is 1.32 bits per heavy atom. The minimum Gasteiger partial charge on any atom is -0.388 e. The second kappa shape index (κ2) is 6.69. The van der Waals surface area contributed by atoms with Crippen LogP contribution in [0.5, 0.6) is 0 Å². The molecule has 0 radical (unpaired) electrons. The second-order valence-corrected chi connectivity index (χ2v) is 7.01. The van der Waals surface area contributed by atoms with E-state index in [1.54, 1.807) is 32.3 Å². The quantitative estimate of drug-likeness (QED) is 0.670. The first-order chi connectivity index (χ1) is 11.8. The Balaban J connectivity index is 1.80. The van der Waals surface area contributed by atoms with Gasteiger partial charge in [-0.2, -0.15) is 0 Å². The van der Waals surface area contributed by atoms with Crippen molar-refractivity contribution >= 4 is 16.9 Å². The molecule has 3 aromatic rings. The number of aryl methyl sites for hydroxylation is 1. The number of amides is 1. The van der Waals surface area contributed by atoms with Gasteiger partial charge in [-0.15, -0.1) is 0 Å². The van der Waals surface area contributed by atoms with Crippen molar-refractivity contribution in [2.45, 2.75) is 38.8 Å². The van der Waals surface area contributed by atoms with Crippen LogP contribution in [0.4, 0.5) is 0 Å². The minimum absolute atomic E-state index is 0.240. The molecule has 2 heterocycles. The normalized spacial score (nSPS) is 13.0. The first kappa shape index (κ1) is 17.2. The first-order valence-electron chi connectivity index (χ1n) is 8.35. The fourth-order valence-corrected chi connectivity index (χ4v) is 2.86. The molecule has 0 spiro atoms. The molecule has 0 aliphatic rings. The molecule has 1 unspecified atom stereocenters. The molecule has 0 saturated carbocycles. The van der Waals surface area contributed by atoms with Crippen LogP contribution in [-0.2, 0) is 6.42 Å². The van der Waals surface area contributed by atoms with E-state index in [-0.39, 0.29) is 5.91 Å². The number of benzene rings is 1. The molecule has 130 valence electrons. The molecule has 1 aromatic carbocycles. The largest absolute Gasteiger partial charge is 0.388 e. The van der Waals surface area contributed by atoms with Crippen LogP contribution < -0.4 is 5.32 Å². The summed E-state index contributed by atoms with van der Waals surface area (Å²) in [6.45, 7) is 5.45. The summed E-state index contributed by atoms with van der Waals surface area (Å²) in [5, 5.41) is 14.3. The molecular weight excluding hydrogens is 314 g/mol. The number of H-pyrrole nitrogens is 1. The maximum Gasteiger partial charge on any atom is 0.253 e. The third kappa shape index (κ3) is 4.06. The summed E-state index contributed by atoms with van der Waals surface area (Å²) < 4.78 is 0. The smallest absolute Gasteiger partial charge is 0.253 e. The molecule has 0 saturated heterocycles. The van der Waals surface area contributed by atoms with Gasteiger partial charge in [-0.05, 0) is 44.9 Å². The topological polar surface area (TPSA) is 78.0 Å². The van der Waals surface area contributed by atoms with Gasteiger partial charge in [-0.1, -0.05) is 29.8 Å². The van der Waals surface area contributed by atoms with E-state index < -0.39 is 11.6 Å². The highest BCUT2D eigenvalue weighted by atomic mass is 16.3. The van der Waals surface area contributed by atoms with E-state index in [2.05, 4.69) is 21.4 Å². The monoisotopic (exact) mass is 337 g/mol. The fraction of sp³-hybridized carbons (Fsp3) is 0.300. The van der Waals surface area contributed by atoms with Gasteiger partial charge >= 0.3 is 0 Å². The van der Waals surface area contributed by atoms with Crippen LogP contribution in [0.2, 0.25) is 0 Å². The van der Waals surface area contributed by atoms with Gasteiger partial charge in [0.25, 0.3) is 5.91 Å². The van der Waals surface area contributed by atoms with Gasteiger partial charge in [0.15, 0.2) is 0 Å². The maximum absolute atomic E-state index is 12.7. The number of aromatic nitrogens is 2. The van der Waals surface area contributed by atoms with E-state index >= 15 is 0 Å². The summed E-state index contributed by atoms with van der Waals surface area (Å²) in [7, 11) is 0. The van der Waals surface area contributed by atoms with Crippen LogP contribution in [0.25, 0.3) is 11.0 Å². The zero-order valence-electron chi connectivity index (χ0n) is 14.7. The van der Waals surface area contributed by atoms with E-state index in [1.165, 1.54) is 0 Å². The van der Waals surface area contributed by atoms with Crippen LogP contribution in [0.3, 0.4) is 0 Å². The molecule has 0 fully saturated rings. The predicted molar refractivity (Wildman–Crippen MR) is 98.5 cm³/mol. The van der Waals surface area contributed by atoms with E-state index in [0.29, 0.717) is 12.0 Å². The summed E-state index contributed by atoms with van der Waals surface area (Å²) in [5.41, 5.74) is 2.40. The standard InChI is InChI=1S/C20H23N3O2/c1-13-5-4-6-14(9-13)10-17(20(2,3)25)23-19(24)16-11-15-7-8-21-18(15)22-12-16/h4-9,11-12,17,25H,10H2,1-3H3,(H,21,22)(H,23,24). The lowest BCUT2D eigenvalue weighted by Gasteiger charge is -2.30. The minimum atomic E-state index is -1.05. The van der Waals surface area contributed by atoms with Crippen molar-refractivity contribution < 1.29 is 9.90 Å². The van der Waals surface area contributed by atoms with Gasteiger partial charge in [0.1, 0.15) is 5.65 Å². The lowest BCUT2D eigenvalue weighted by Crippen LogP contribution is -2.50. The van der Waals surface area contributed by atoms with Crippen LogP contribution in [0.15, 0.2) is 48.8 Å². The number of hydrogen-bond donors (Lipinski definition) is 3. The predicted octanol–water partition coefficient (Wildman–Crippen LogP) is 2.98. The number of rotatable bonds is 5. The van der Waals surface area contributed by atoms with Gasteiger partial charge in [0.05, 0.1) is 17.2 Å². The third-order valence-corrected chi connectivity index (χ3v) is 4.34. The summed E-state index contributed by atoms with van der Waals surface area (Å²) >= 11 is 0. The van der Waals surface area contributed by atoms with Crippen LogP contribution in [0.1, 0.15) is 35.3 Å². The Morgan fingerprint density at radius 3 is 2.84 bits per heavy atom. The van der Waals surface area contributed by atoms with Crippen molar-refractivity contribution in [2.24, 2.45) is 0 Å². The van der Waals surface area contributed by atoms with Crippen LogP contribution in [-0.4, -0.2) is 32.6 Å². The average Bonchev–Trinajstić information content (AvgIpc) is 3.01. The Labute approximate surface area is 147 Å². The molecule has 1 atom stereocenters. The van der Waals surface area contributed by atoms with Crippen molar-refractivity contribution in [3.8, 4) is 0 Å². The van der Waals surface area contributed by atoms with E-state index in [1.807, 2.05) is 31.2 Å². The molecule has 3 rings (SSSR count). The van der Waals surface area contributed by atoms with E-state index in [9.17, 15) is 9.90 Å². The van der Waals surface area contributed by atoms with Crippen LogP contribution in [0, 0.1) is 6.92 Å². The molecular formula is C20H23N3O2. The highest BCUT2D eigenvalue weighted by molar-refractivity contribution is 5.97.